The Bertz CT molecular complexity index is 1250. The van der Waals surface area contributed by atoms with Crippen molar-refractivity contribution in [2.45, 2.75) is 69.3 Å². The lowest BCUT2D eigenvalue weighted by Gasteiger charge is -2.36. The highest BCUT2D eigenvalue weighted by Gasteiger charge is 2.38. The predicted octanol–water partition coefficient (Wildman–Crippen LogP) is 7.43. The highest BCUT2D eigenvalue weighted by molar-refractivity contribution is 6.39. The van der Waals surface area contributed by atoms with Crippen molar-refractivity contribution >= 4 is 23.2 Å². The summed E-state index contributed by atoms with van der Waals surface area (Å²) >= 11 is 12.9. The van der Waals surface area contributed by atoms with E-state index in [2.05, 4.69) is 10.0 Å². The Morgan fingerprint density at radius 2 is 1.86 bits per heavy atom. The molecule has 0 spiro atoms. The van der Waals surface area contributed by atoms with Crippen LogP contribution in [0, 0.1) is 12.4 Å². The van der Waals surface area contributed by atoms with E-state index in [-0.39, 0.29) is 18.2 Å². The van der Waals surface area contributed by atoms with E-state index < -0.39 is 11.4 Å². The molecule has 0 aliphatic heterocycles. The Hall–Kier alpha value is -2.43. The summed E-state index contributed by atoms with van der Waals surface area (Å²) in [7, 11) is 0. The lowest BCUT2D eigenvalue weighted by molar-refractivity contribution is -0.0656. The van der Waals surface area contributed by atoms with Crippen molar-refractivity contribution in [2.24, 2.45) is 0 Å². The maximum absolute atomic E-state index is 14.6. The first kappa shape index (κ1) is 24.3. The quantitative estimate of drug-likeness (QED) is 0.333. The smallest absolute Gasteiger partial charge is 0.239 e. The maximum atomic E-state index is 14.6. The number of ether oxygens (including phenoxy) is 1. The predicted molar refractivity (Wildman–Crippen MR) is 132 cm³/mol. The molecule has 0 saturated heterocycles. The molecule has 1 heterocycles. The molecule has 1 aromatic heterocycles. The van der Waals surface area contributed by atoms with Gasteiger partial charge in [0.1, 0.15) is 17.3 Å². The Morgan fingerprint density at radius 1 is 1.14 bits per heavy atom. The van der Waals surface area contributed by atoms with Crippen LogP contribution in [0.3, 0.4) is 0 Å². The molecule has 2 fully saturated rings. The first-order valence-electron chi connectivity index (χ1n) is 11.8. The molecule has 182 valence electrons. The van der Waals surface area contributed by atoms with Gasteiger partial charge in [-0.3, -0.25) is 0 Å². The van der Waals surface area contributed by atoms with Crippen molar-refractivity contribution < 1.29 is 18.8 Å². The van der Waals surface area contributed by atoms with Crippen molar-refractivity contribution in [2.75, 3.05) is 0 Å². The Labute approximate surface area is 213 Å². The summed E-state index contributed by atoms with van der Waals surface area (Å²) in [5.41, 5.74) is 1.80. The second-order valence-electron chi connectivity index (χ2n) is 9.42. The van der Waals surface area contributed by atoms with Crippen LogP contribution in [0.4, 0.5) is 4.39 Å². The second-order valence-corrected chi connectivity index (χ2v) is 10.2. The van der Waals surface area contributed by atoms with E-state index in [4.69, 9.17) is 39.0 Å². The van der Waals surface area contributed by atoms with Gasteiger partial charge in [0, 0.05) is 28.2 Å². The number of aromatic nitrogens is 1. The van der Waals surface area contributed by atoms with Crippen molar-refractivity contribution in [3.05, 3.63) is 86.1 Å². The third-order valence-corrected chi connectivity index (χ3v) is 7.61. The van der Waals surface area contributed by atoms with Gasteiger partial charge in [-0.15, -0.1) is 0 Å². The summed E-state index contributed by atoms with van der Waals surface area (Å²) in [6, 6.07) is 9.88. The summed E-state index contributed by atoms with van der Waals surface area (Å²) in [5, 5.41) is 16.5. The fourth-order valence-corrected chi connectivity index (χ4v) is 5.45. The van der Waals surface area contributed by atoms with Crippen LogP contribution in [-0.2, 0) is 23.5 Å². The van der Waals surface area contributed by atoms with Crippen LogP contribution in [0.15, 0.2) is 40.9 Å². The Kier molecular flexibility index (Phi) is 6.87. The molecule has 3 aromatic rings. The van der Waals surface area contributed by atoms with Gasteiger partial charge in [0.2, 0.25) is 6.54 Å². The van der Waals surface area contributed by atoms with E-state index >= 15 is 0 Å². The second kappa shape index (κ2) is 9.91. The van der Waals surface area contributed by atoms with Gasteiger partial charge >= 0.3 is 0 Å². The third-order valence-electron chi connectivity index (χ3n) is 6.98. The molecule has 0 atom stereocenters. The molecule has 2 aromatic carbocycles. The molecule has 2 saturated carbocycles. The third kappa shape index (κ3) is 4.96. The summed E-state index contributed by atoms with van der Waals surface area (Å²) < 4.78 is 26.5. The molecular weight excluding hydrogens is 490 g/mol. The van der Waals surface area contributed by atoms with Gasteiger partial charge in [0.25, 0.3) is 0 Å². The highest BCUT2D eigenvalue weighted by Crippen LogP contribution is 2.46. The number of nitrogens with zero attached hydrogens (tertiary/aromatic N) is 2. The zero-order valence-corrected chi connectivity index (χ0v) is 20.6. The standard InChI is InChI=1S/C27H25Cl2FN2O3/c1-31-14-16-5-8-23(30)20(13-16)27(33)11-9-18(10-12-27)34-15-19-25(32-35-26(19)17-6-7-17)24-21(28)3-2-4-22(24)29/h2-5,8,13,17-18,33H,6-7,9-12,14-15H2. The van der Waals surface area contributed by atoms with Crippen LogP contribution < -0.4 is 0 Å². The van der Waals surface area contributed by atoms with Crippen LogP contribution in [-0.4, -0.2) is 16.4 Å². The van der Waals surface area contributed by atoms with E-state index in [1.807, 2.05) is 0 Å². The molecule has 0 radical (unpaired) electrons. The van der Waals surface area contributed by atoms with Gasteiger partial charge < -0.3 is 19.2 Å². The average molecular weight is 515 g/mol. The minimum Gasteiger partial charge on any atom is -0.385 e. The van der Waals surface area contributed by atoms with Gasteiger partial charge in [0.05, 0.1) is 28.4 Å². The molecule has 0 amide bonds. The number of rotatable bonds is 7. The van der Waals surface area contributed by atoms with E-state index in [0.29, 0.717) is 65.1 Å². The first-order chi connectivity index (χ1) is 16.9. The van der Waals surface area contributed by atoms with E-state index in [9.17, 15) is 9.50 Å². The lowest BCUT2D eigenvalue weighted by atomic mass is 9.78. The Morgan fingerprint density at radius 3 is 2.51 bits per heavy atom. The number of benzene rings is 2. The lowest BCUT2D eigenvalue weighted by Crippen LogP contribution is -2.35. The summed E-state index contributed by atoms with van der Waals surface area (Å²) in [6.45, 7) is 7.51. The van der Waals surface area contributed by atoms with Gasteiger partial charge in [-0.25, -0.2) is 11.0 Å². The van der Waals surface area contributed by atoms with Gasteiger partial charge in [-0.05, 0) is 68.9 Å². The minimum absolute atomic E-state index is 0.0960. The number of aliphatic hydroxyl groups is 1. The molecule has 0 unspecified atom stereocenters. The van der Waals surface area contributed by atoms with Crippen molar-refractivity contribution in [1.82, 2.24) is 5.16 Å². The molecular formula is C27H25Cl2FN2O3. The molecule has 8 heteroatoms. The van der Waals surface area contributed by atoms with Crippen molar-refractivity contribution in [3.63, 3.8) is 0 Å². The first-order valence-corrected chi connectivity index (χ1v) is 12.5. The SMILES string of the molecule is [C-]#[N+]Cc1ccc(F)c(C2(O)CCC(OCc3c(-c4c(Cl)cccc4Cl)noc3C3CC3)CC2)c1. The number of halogens is 3. The zero-order chi connectivity index (χ0) is 24.6. The molecule has 5 rings (SSSR count). The fourth-order valence-electron chi connectivity index (χ4n) is 4.87. The monoisotopic (exact) mass is 514 g/mol. The van der Waals surface area contributed by atoms with Gasteiger partial charge in [0.15, 0.2) is 0 Å². The van der Waals surface area contributed by atoms with Crippen LogP contribution in [0.25, 0.3) is 16.1 Å². The molecule has 2 aliphatic carbocycles. The normalized spacial score (nSPS) is 22.2. The maximum Gasteiger partial charge on any atom is 0.239 e. The van der Waals surface area contributed by atoms with Crippen LogP contribution >= 0.6 is 23.2 Å². The van der Waals surface area contributed by atoms with Crippen molar-refractivity contribution in [1.29, 1.82) is 0 Å². The topological polar surface area (TPSA) is 59.9 Å². The van der Waals surface area contributed by atoms with E-state index in [0.717, 1.165) is 24.2 Å². The average Bonchev–Trinajstić information content (AvgIpc) is 3.60. The Balaban J connectivity index is 1.31. The molecule has 5 nitrogen and oxygen atoms in total. The van der Waals surface area contributed by atoms with Crippen LogP contribution in [0.2, 0.25) is 10.0 Å². The molecule has 35 heavy (non-hydrogen) atoms. The number of hydrogen-bond acceptors (Lipinski definition) is 4. The summed E-state index contributed by atoms with van der Waals surface area (Å²) in [6.07, 6.45) is 3.90. The number of hydrogen-bond donors (Lipinski definition) is 1. The molecule has 1 N–H and O–H groups in total. The van der Waals surface area contributed by atoms with Gasteiger partial charge in [-0.2, -0.15) is 0 Å². The largest absolute Gasteiger partial charge is 0.385 e. The van der Waals surface area contributed by atoms with E-state index in [1.54, 1.807) is 30.3 Å². The minimum atomic E-state index is -1.27. The van der Waals surface area contributed by atoms with Crippen LogP contribution in [0.1, 0.15) is 66.9 Å². The molecule has 2 aliphatic rings. The fraction of sp³-hybridized carbons (Fsp3) is 0.407. The van der Waals surface area contributed by atoms with E-state index in [1.165, 1.54) is 6.07 Å². The summed E-state index contributed by atoms with van der Waals surface area (Å²) in [4.78, 5) is 3.37. The van der Waals surface area contributed by atoms with Gasteiger partial charge in [-0.1, -0.05) is 34.4 Å². The molecule has 0 bridgehead atoms. The highest BCUT2D eigenvalue weighted by atomic mass is 35.5. The van der Waals surface area contributed by atoms with Crippen molar-refractivity contribution in [3.8, 4) is 11.3 Å². The zero-order valence-electron chi connectivity index (χ0n) is 19.1. The van der Waals surface area contributed by atoms with Crippen LogP contribution in [0.5, 0.6) is 0 Å². The summed E-state index contributed by atoms with van der Waals surface area (Å²) in [5.74, 6) is 0.709.